The van der Waals surface area contributed by atoms with Gasteiger partial charge in [0, 0.05) is 16.0 Å². The predicted octanol–water partition coefficient (Wildman–Crippen LogP) is 3.72. The van der Waals surface area contributed by atoms with Crippen LogP contribution in [0.1, 0.15) is 25.8 Å². The zero-order chi connectivity index (χ0) is 28.4. The van der Waals surface area contributed by atoms with Crippen LogP contribution < -0.4 is 11.1 Å². The summed E-state index contributed by atoms with van der Waals surface area (Å²) in [6.07, 6.45) is 7.60. The van der Waals surface area contributed by atoms with Crippen LogP contribution in [0.3, 0.4) is 0 Å². The van der Waals surface area contributed by atoms with E-state index < -0.39 is 28.1 Å². The first-order valence-corrected chi connectivity index (χ1v) is 14.4. The first-order valence-electron chi connectivity index (χ1n) is 12.2. The van der Waals surface area contributed by atoms with E-state index in [4.69, 9.17) is 34.0 Å². The number of nitrogens with two attached hydrogens (primary N) is 1. The molecule has 0 saturated carbocycles. The summed E-state index contributed by atoms with van der Waals surface area (Å²) in [5, 5.41) is 20.1. The number of allylic oxidation sites excluding steroid dienone is 4. The van der Waals surface area contributed by atoms with Gasteiger partial charge < -0.3 is 16.2 Å². The maximum absolute atomic E-state index is 13.3. The fraction of sp³-hybridized carbons (Fsp3) is 0.296. The van der Waals surface area contributed by atoms with Crippen LogP contribution in [0.25, 0.3) is 0 Å². The van der Waals surface area contributed by atoms with E-state index in [1.54, 1.807) is 12.1 Å². The molecule has 0 fully saturated rings. The normalized spacial score (nSPS) is 22.9. The molecule has 1 unspecified atom stereocenters. The zero-order valence-electron chi connectivity index (χ0n) is 21.3. The summed E-state index contributed by atoms with van der Waals surface area (Å²) in [6.45, 7) is 3.70. The number of amides is 1. The Labute approximate surface area is 237 Å². The maximum Gasteiger partial charge on any atom is 0.285 e. The van der Waals surface area contributed by atoms with E-state index in [-0.39, 0.29) is 28.7 Å². The van der Waals surface area contributed by atoms with Gasteiger partial charge in [0.2, 0.25) is 11.9 Å². The van der Waals surface area contributed by atoms with E-state index in [1.807, 2.05) is 24.3 Å². The van der Waals surface area contributed by atoms with Crippen molar-refractivity contribution in [2.24, 2.45) is 26.6 Å². The average molecular weight is 591 g/mol. The molecule has 1 heterocycles. The molecular weight excluding hydrogens is 561 g/mol. The lowest BCUT2D eigenvalue weighted by molar-refractivity contribution is -0.121. The van der Waals surface area contributed by atoms with Gasteiger partial charge in [-0.1, -0.05) is 66.6 Å². The molecule has 0 bridgehead atoms. The van der Waals surface area contributed by atoms with E-state index >= 15 is 0 Å². The SMILES string of the molecule is C[C@@H](O)[C@@H](N/C(=N\S(=O)(=O)c1ccc(Cl)cc1)N1C[C@H](C2(C)C=CC=CC2)C(c2ccc(Cl)cc2)=N1)C(N)=O. The van der Waals surface area contributed by atoms with Gasteiger partial charge in [0.05, 0.1) is 23.3 Å². The van der Waals surface area contributed by atoms with Gasteiger partial charge in [-0.05, 0) is 60.7 Å². The van der Waals surface area contributed by atoms with Crippen molar-refractivity contribution in [3.05, 3.63) is 88.4 Å². The molecule has 2 aromatic rings. The van der Waals surface area contributed by atoms with E-state index in [0.717, 1.165) is 12.0 Å². The van der Waals surface area contributed by atoms with Crippen LogP contribution in [0, 0.1) is 11.3 Å². The summed E-state index contributed by atoms with van der Waals surface area (Å²) in [6, 6.07) is 11.4. The highest BCUT2D eigenvalue weighted by atomic mass is 35.5. The number of aliphatic hydroxyl groups excluding tert-OH is 1. The molecule has 0 saturated heterocycles. The van der Waals surface area contributed by atoms with Crippen LogP contribution in [-0.4, -0.2) is 54.8 Å². The van der Waals surface area contributed by atoms with Gasteiger partial charge in [-0.15, -0.1) is 4.40 Å². The van der Waals surface area contributed by atoms with E-state index in [2.05, 4.69) is 28.8 Å². The number of nitrogens with one attached hydrogen (secondary N) is 1. The second kappa shape index (κ2) is 11.5. The first-order chi connectivity index (χ1) is 18.4. The number of guanidine groups is 1. The van der Waals surface area contributed by atoms with Gasteiger partial charge in [0.1, 0.15) is 6.04 Å². The van der Waals surface area contributed by atoms with Gasteiger partial charge in [-0.25, -0.2) is 5.01 Å². The van der Waals surface area contributed by atoms with Gasteiger partial charge >= 0.3 is 0 Å². The second-order valence-corrected chi connectivity index (χ2v) is 12.2. The lowest BCUT2D eigenvalue weighted by atomic mass is 9.70. The second-order valence-electron chi connectivity index (χ2n) is 9.73. The Morgan fingerprint density at radius 2 is 1.77 bits per heavy atom. The van der Waals surface area contributed by atoms with Crippen LogP contribution in [0.2, 0.25) is 10.0 Å². The molecule has 39 heavy (non-hydrogen) atoms. The third-order valence-electron chi connectivity index (χ3n) is 6.77. The number of hydrogen-bond donors (Lipinski definition) is 3. The average Bonchev–Trinajstić information content (AvgIpc) is 3.34. The quantitative estimate of drug-likeness (QED) is 0.332. The standard InChI is InChI=1S/C27H29Cl2N5O4S/c1-17(35)23(25(30)36)31-26(33-39(37,38)21-12-10-20(29)11-13-21)34-16-22(27(2)14-4-3-5-15-27)24(32-34)18-6-8-19(28)9-7-18/h3-14,17,22-23,35H,15-16H2,1-2H3,(H2,30,36)(H,31,33)/t17-,22+,23-,27?/m1/s1. The maximum atomic E-state index is 13.3. The zero-order valence-corrected chi connectivity index (χ0v) is 23.7. The largest absolute Gasteiger partial charge is 0.391 e. The monoisotopic (exact) mass is 589 g/mol. The third kappa shape index (κ3) is 6.52. The van der Waals surface area contributed by atoms with Crippen molar-refractivity contribution in [3.63, 3.8) is 0 Å². The summed E-state index contributed by atoms with van der Waals surface area (Å²) in [4.78, 5) is 12.0. The molecule has 4 atom stereocenters. The molecule has 4 rings (SSSR count). The first kappa shape index (κ1) is 28.8. The Morgan fingerprint density at radius 3 is 2.31 bits per heavy atom. The Hall–Kier alpha value is -3.18. The van der Waals surface area contributed by atoms with Crippen molar-refractivity contribution in [2.75, 3.05) is 6.54 Å². The molecule has 1 aliphatic carbocycles. The van der Waals surface area contributed by atoms with E-state index in [0.29, 0.717) is 15.8 Å². The van der Waals surface area contributed by atoms with Crippen LogP contribution >= 0.6 is 23.2 Å². The molecule has 0 spiro atoms. The molecule has 206 valence electrons. The molecule has 9 nitrogen and oxygen atoms in total. The third-order valence-corrected chi connectivity index (χ3v) is 8.55. The van der Waals surface area contributed by atoms with E-state index in [9.17, 15) is 18.3 Å². The summed E-state index contributed by atoms with van der Waals surface area (Å²) in [5.41, 5.74) is 6.66. The number of hydrogen-bond acceptors (Lipinski definition) is 5. The highest BCUT2D eigenvalue weighted by Gasteiger charge is 2.42. The molecule has 12 heteroatoms. The number of carbonyl (C=O) groups excluding carboxylic acids is 1. The van der Waals surface area contributed by atoms with Crippen molar-refractivity contribution < 1.29 is 18.3 Å². The lowest BCUT2D eigenvalue weighted by Crippen LogP contribution is -2.54. The number of hydrazone groups is 1. The predicted molar refractivity (Wildman–Crippen MR) is 153 cm³/mol. The molecule has 0 aromatic heterocycles. The molecule has 4 N–H and O–H groups in total. The summed E-state index contributed by atoms with van der Waals surface area (Å²) in [7, 11) is -4.28. The number of rotatable bonds is 7. The number of primary amides is 1. The van der Waals surface area contributed by atoms with E-state index in [1.165, 1.54) is 36.2 Å². The Bertz CT molecular complexity index is 1450. The molecule has 2 aromatic carbocycles. The van der Waals surface area contributed by atoms with Crippen molar-refractivity contribution in [1.29, 1.82) is 0 Å². The molecule has 1 aliphatic heterocycles. The number of aliphatic hydroxyl groups is 1. The number of halogens is 2. The fourth-order valence-corrected chi connectivity index (χ4v) is 5.74. The Kier molecular flexibility index (Phi) is 8.51. The highest BCUT2D eigenvalue weighted by Crippen LogP contribution is 2.41. The Balaban J connectivity index is 1.83. The minimum atomic E-state index is -4.28. The van der Waals surface area contributed by atoms with Crippen LogP contribution in [0.15, 0.2) is 87.2 Å². The van der Waals surface area contributed by atoms with Gasteiger partial charge in [-0.2, -0.15) is 13.5 Å². The number of carbonyl (C=O) groups is 1. The number of nitrogens with zero attached hydrogens (tertiary/aromatic N) is 3. The van der Waals surface area contributed by atoms with Gasteiger partial charge in [-0.3, -0.25) is 4.79 Å². The van der Waals surface area contributed by atoms with Crippen molar-refractivity contribution in [1.82, 2.24) is 10.3 Å². The summed E-state index contributed by atoms with van der Waals surface area (Å²) >= 11 is 12.1. The van der Waals surface area contributed by atoms with Gasteiger partial charge in [0.25, 0.3) is 10.0 Å². The smallest absolute Gasteiger partial charge is 0.285 e. The number of benzene rings is 2. The minimum Gasteiger partial charge on any atom is -0.391 e. The van der Waals surface area contributed by atoms with Crippen LogP contribution in [0.4, 0.5) is 0 Å². The molecule has 1 amide bonds. The lowest BCUT2D eigenvalue weighted by Gasteiger charge is -2.34. The topological polar surface area (TPSA) is 137 Å². The number of sulfonamides is 1. The highest BCUT2D eigenvalue weighted by molar-refractivity contribution is 7.90. The molecule has 2 aliphatic rings. The summed E-state index contributed by atoms with van der Waals surface area (Å²) in [5.74, 6) is -1.32. The van der Waals surface area contributed by atoms with Crippen LogP contribution in [-0.2, 0) is 14.8 Å². The van der Waals surface area contributed by atoms with Crippen molar-refractivity contribution >= 4 is 50.8 Å². The van der Waals surface area contributed by atoms with Crippen molar-refractivity contribution in [2.45, 2.75) is 37.3 Å². The Morgan fingerprint density at radius 1 is 1.15 bits per heavy atom. The van der Waals surface area contributed by atoms with Crippen molar-refractivity contribution in [3.8, 4) is 0 Å². The minimum absolute atomic E-state index is 0.108. The summed E-state index contributed by atoms with van der Waals surface area (Å²) < 4.78 is 30.6. The van der Waals surface area contributed by atoms with Crippen LogP contribution in [0.5, 0.6) is 0 Å². The van der Waals surface area contributed by atoms with Gasteiger partial charge in [0.15, 0.2) is 0 Å². The molecular formula is C27H29Cl2N5O4S. The molecule has 0 radical (unpaired) electrons. The fourth-order valence-electron chi connectivity index (χ4n) is 4.53.